The number of nitriles is 1. The van der Waals surface area contributed by atoms with Crippen LogP contribution in [0.15, 0.2) is 27.3 Å². The Morgan fingerprint density at radius 3 is 2.72 bits per heavy atom. The SMILES string of the molecule is CCCNc1c(C#N)cnc2c(Br)ccc(Br)c12. The van der Waals surface area contributed by atoms with Gasteiger partial charge in [0.1, 0.15) is 6.07 Å². The summed E-state index contributed by atoms with van der Waals surface area (Å²) < 4.78 is 1.86. The molecule has 1 aromatic heterocycles. The van der Waals surface area contributed by atoms with Crippen molar-refractivity contribution >= 4 is 48.5 Å². The summed E-state index contributed by atoms with van der Waals surface area (Å²) in [5, 5.41) is 13.4. The number of pyridine rings is 1. The molecule has 18 heavy (non-hydrogen) atoms. The Kier molecular flexibility index (Phi) is 4.20. The molecule has 0 aliphatic carbocycles. The monoisotopic (exact) mass is 367 g/mol. The maximum absolute atomic E-state index is 9.18. The van der Waals surface area contributed by atoms with Crippen molar-refractivity contribution in [1.82, 2.24) is 4.98 Å². The first-order valence-electron chi connectivity index (χ1n) is 5.59. The number of nitrogens with one attached hydrogen (secondary N) is 1. The van der Waals surface area contributed by atoms with Crippen LogP contribution in [-0.4, -0.2) is 11.5 Å². The third-order valence-corrected chi connectivity index (χ3v) is 3.89. The number of fused-ring (bicyclic) bond motifs is 1. The maximum Gasteiger partial charge on any atom is 0.103 e. The Morgan fingerprint density at radius 1 is 1.33 bits per heavy atom. The summed E-state index contributed by atoms with van der Waals surface area (Å²) in [6.45, 7) is 2.92. The lowest BCUT2D eigenvalue weighted by atomic mass is 10.1. The van der Waals surface area contributed by atoms with E-state index in [1.807, 2.05) is 12.1 Å². The number of anilines is 1. The van der Waals surface area contributed by atoms with Gasteiger partial charge in [0.25, 0.3) is 0 Å². The zero-order valence-electron chi connectivity index (χ0n) is 9.80. The smallest absolute Gasteiger partial charge is 0.103 e. The van der Waals surface area contributed by atoms with E-state index < -0.39 is 0 Å². The van der Waals surface area contributed by atoms with Crippen LogP contribution in [0.4, 0.5) is 5.69 Å². The third-order valence-electron chi connectivity index (χ3n) is 2.59. The number of aromatic nitrogens is 1. The molecule has 0 saturated carbocycles. The van der Waals surface area contributed by atoms with Gasteiger partial charge >= 0.3 is 0 Å². The molecule has 2 rings (SSSR count). The molecule has 0 saturated heterocycles. The zero-order valence-corrected chi connectivity index (χ0v) is 13.0. The van der Waals surface area contributed by atoms with Crippen LogP contribution in [0.1, 0.15) is 18.9 Å². The molecule has 92 valence electrons. The predicted molar refractivity (Wildman–Crippen MR) is 80.6 cm³/mol. The third kappa shape index (κ3) is 2.36. The van der Waals surface area contributed by atoms with Gasteiger partial charge in [0.05, 0.1) is 16.8 Å². The Bertz CT molecular complexity index is 632. The van der Waals surface area contributed by atoms with Gasteiger partial charge in [-0.1, -0.05) is 22.9 Å². The molecule has 0 radical (unpaired) electrons. The van der Waals surface area contributed by atoms with E-state index in [-0.39, 0.29) is 0 Å². The molecule has 0 amide bonds. The second-order valence-electron chi connectivity index (χ2n) is 3.84. The lowest BCUT2D eigenvalue weighted by Gasteiger charge is -2.12. The molecular formula is C13H11Br2N3. The van der Waals surface area contributed by atoms with Crippen LogP contribution in [-0.2, 0) is 0 Å². The number of hydrogen-bond donors (Lipinski definition) is 1. The topological polar surface area (TPSA) is 48.7 Å². The molecular weight excluding hydrogens is 358 g/mol. The molecule has 0 aliphatic rings. The van der Waals surface area contributed by atoms with Crippen LogP contribution < -0.4 is 5.32 Å². The van der Waals surface area contributed by atoms with Crippen LogP contribution in [0, 0.1) is 11.3 Å². The molecule has 0 bridgehead atoms. The fourth-order valence-electron chi connectivity index (χ4n) is 1.75. The van der Waals surface area contributed by atoms with Gasteiger partial charge in [-0.25, -0.2) is 0 Å². The quantitative estimate of drug-likeness (QED) is 0.870. The van der Waals surface area contributed by atoms with Gasteiger partial charge in [-0.15, -0.1) is 0 Å². The average Bonchev–Trinajstić information content (AvgIpc) is 2.39. The molecule has 5 heteroatoms. The minimum Gasteiger partial charge on any atom is -0.383 e. The van der Waals surface area contributed by atoms with E-state index in [9.17, 15) is 5.26 Å². The van der Waals surface area contributed by atoms with Crippen LogP contribution in [0.2, 0.25) is 0 Å². The summed E-state index contributed by atoms with van der Waals surface area (Å²) >= 11 is 7.01. The second kappa shape index (κ2) is 5.68. The number of rotatable bonds is 3. The van der Waals surface area contributed by atoms with Crippen molar-refractivity contribution in [2.24, 2.45) is 0 Å². The number of hydrogen-bond acceptors (Lipinski definition) is 3. The van der Waals surface area contributed by atoms with Gasteiger partial charge in [0, 0.05) is 27.1 Å². The average molecular weight is 369 g/mol. The molecule has 0 aliphatic heterocycles. The molecule has 1 heterocycles. The van der Waals surface area contributed by atoms with Gasteiger partial charge in [-0.2, -0.15) is 5.26 Å². The summed E-state index contributed by atoms with van der Waals surface area (Å²) in [6, 6.07) is 6.07. The van der Waals surface area contributed by atoms with Crippen LogP contribution in [0.3, 0.4) is 0 Å². The van der Waals surface area contributed by atoms with Crippen molar-refractivity contribution in [1.29, 1.82) is 5.26 Å². The molecule has 3 nitrogen and oxygen atoms in total. The van der Waals surface area contributed by atoms with Crippen LogP contribution in [0.5, 0.6) is 0 Å². The van der Waals surface area contributed by atoms with E-state index in [1.54, 1.807) is 6.20 Å². The van der Waals surface area contributed by atoms with Crippen molar-refractivity contribution < 1.29 is 0 Å². The lowest BCUT2D eigenvalue weighted by molar-refractivity contribution is 0.980. The molecule has 2 aromatic rings. The summed E-state index contributed by atoms with van der Waals surface area (Å²) in [5.74, 6) is 0. The van der Waals surface area contributed by atoms with Crippen molar-refractivity contribution in [2.75, 3.05) is 11.9 Å². The van der Waals surface area contributed by atoms with E-state index >= 15 is 0 Å². The van der Waals surface area contributed by atoms with E-state index in [0.717, 1.165) is 38.5 Å². The largest absolute Gasteiger partial charge is 0.383 e. The summed E-state index contributed by atoms with van der Waals surface area (Å²) in [6.07, 6.45) is 2.61. The highest BCUT2D eigenvalue weighted by Gasteiger charge is 2.13. The van der Waals surface area contributed by atoms with Crippen LogP contribution in [0.25, 0.3) is 10.9 Å². The summed E-state index contributed by atoms with van der Waals surface area (Å²) in [7, 11) is 0. The van der Waals surface area contributed by atoms with Crippen molar-refractivity contribution in [2.45, 2.75) is 13.3 Å². The predicted octanol–water partition coefficient (Wildman–Crippen LogP) is 4.45. The van der Waals surface area contributed by atoms with E-state index in [1.165, 1.54) is 0 Å². The minimum absolute atomic E-state index is 0.565. The first-order chi connectivity index (χ1) is 8.69. The lowest BCUT2D eigenvalue weighted by Crippen LogP contribution is -2.04. The number of benzene rings is 1. The second-order valence-corrected chi connectivity index (χ2v) is 5.55. The van der Waals surface area contributed by atoms with E-state index in [0.29, 0.717) is 5.56 Å². The van der Waals surface area contributed by atoms with Gasteiger partial charge in [-0.3, -0.25) is 4.98 Å². The molecule has 1 N–H and O–H groups in total. The molecule has 0 atom stereocenters. The van der Waals surface area contributed by atoms with Crippen molar-refractivity contribution in [3.8, 4) is 6.07 Å². The van der Waals surface area contributed by atoms with Gasteiger partial charge in [0.2, 0.25) is 0 Å². The Morgan fingerprint density at radius 2 is 2.06 bits per heavy atom. The van der Waals surface area contributed by atoms with E-state index in [2.05, 4.69) is 55.2 Å². The summed E-state index contributed by atoms with van der Waals surface area (Å²) in [4.78, 5) is 4.34. The summed E-state index contributed by atoms with van der Waals surface area (Å²) in [5.41, 5.74) is 2.26. The molecule has 0 fully saturated rings. The maximum atomic E-state index is 9.18. The Balaban J connectivity index is 2.76. The molecule has 0 unspecified atom stereocenters. The van der Waals surface area contributed by atoms with Gasteiger partial charge in [-0.05, 0) is 34.5 Å². The minimum atomic E-state index is 0.565. The van der Waals surface area contributed by atoms with Crippen molar-refractivity contribution in [3.05, 3.63) is 32.8 Å². The fourth-order valence-corrected chi connectivity index (χ4v) is 2.70. The van der Waals surface area contributed by atoms with Crippen LogP contribution >= 0.6 is 31.9 Å². The first-order valence-corrected chi connectivity index (χ1v) is 7.18. The highest BCUT2D eigenvalue weighted by Crippen LogP contribution is 2.35. The van der Waals surface area contributed by atoms with Gasteiger partial charge in [0.15, 0.2) is 0 Å². The first kappa shape index (κ1) is 13.3. The number of nitrogens with zero attached hydrogens (tertiary/aromatic N) is 2. The van der Waals surface area contributed by atoms with Gasteiger partial charge < -0.3 is 5.32 Å². The Hall–Kier alpha value is -1.12. The normalized spacial score (nSPS) is 10.3. The highest BCUT2D eigenvalue weighted by molar-refractivity contribution is 9.11. The molecule has 1 aromatic carbocycles. The zero-order chi connectivity index (χ0) is 13.1. The number of halogens is 2. The van der Waals surface area contributed by atoms with Crippen molar-refractivity contribution in [3.63, 3.8) is 0 Å². The Labute approximate surface area is 122 Å². The van der Waals surface area contributed by atoms with E-state index in [4.69, 9.17) is 0 Å². The highest BCUT2D eigenvalue weighted by atomic mass is 79.9. The molecule has 0 spiro atoms. The standard InChI is InChI=1S/C13H11Br2N3/c1-2-5-17-12-8(6-16)7-18-13-10(15)4-3-9(14)11(12)13/h3-4,7H,2,5H2,1H3,(H,17,18). The fraction of sp³-hybridized carbons (Fsp3) is 0.231.